The molecule has 0 radical (unpaired) electrons. The molecule has 5 nitrogen and oxygen atoms in total. The standard InChI is InChI=1S/C32H21N3O2S/c1-18-7-5-8-19(2)28(18)35-23(16-27-31(35)34-32(38-27)22-11-6-12-33-17-22)15-26-29(36)24-13-20-9-3-4-10-21(20)14-25(24)30(26)37/h3-17H,1-2H3. The third kappa shape index (κ3) is 3.38. The van der Waals surface area contributed by atoms with Crippen LogP contribution in [0.1, 0.15) is 37.5 Å². The Labute approximate surface area is 222 Å². The molecule has 0 aliphatic heterocycles. The van der Waals surface area contributed by atoms with Gasteiger partial charge in [-0.1, -0.05) is 42.5 Å². The van der Waals surface area contributed by atoms with Crippen molar-refractivity contribution in [2.45, 2.75) is 13.8 Å². The summed E-state index contributed by atoms with van der Waals surface area (Å²) < 4.78 is 3.04. The average Bonchev–Trinajstić information content (AvgIpc) is 3.55. The van der Waals surface area contributed by atoms with Crippen molar-refractivity contribution in [1.29, 1.82) is 0 Å². The van der Waals surface area contributed by atoms with Crippen molar-refractivity contribution >= 4 is 50.1 Å². The lowest BCUT2D eigenvalue weighted by molar-refractivity contribution is 0.0990. The van der Waals surface area contributed by atoms with Crippen molar-refractivity contribution in [3.8, 4) is 16.3 Å². The lowest BCUT2D eigenvalue weighted by atomic mass is 10.0. The zero-order valence-corrected chi connectivity index (χ0v) is 21.5. The molecule has 3 heterocycles. The average molecular weight is 512 g/mol. The molecule has 7 rings (SSSR count). The normalized spacial score (nSPS) is 13.1. The fourth-order valence-corrected chi connectivity index (χ4v) is 6.29. The summed E-state index contributed by atoms with van der Waals surface area (Å²) in [5.41, 5.74) is 6.76. The summed E-state index contributed by atoms with van der Waals surface area (Å²) in [5, 5.41) is 2.76. The summed E-state index contributed by atoms with van der Waals surface area (Å²) in [6.07, 6.45) is 5.29. The molecule has 182 valence electrons. The summed E-state index contributed by atoms with van der Waals surface area (Å²) >= 11 is 1.57. The van der Waals surface area contributed by atoms with Crippen molar-refractivity contribution in [3.63, 3.8) is 0 Å². The zero-order valence-electron chi connectivity index (χ0n) is 20.7. The number of para-hydroxylation sites is 1. The number of hydrogen-bond donors (Lipinski definition) is 0. The van der Waals surface area contributed by atoms with E-state index in [0.717, 1.165) is 54.2 Å². The molecule has 0 fully saturated rings. The Hall–Kier alpha value is -4.68. The molecule has 0 saturated heterocycles. The van der Waals surface area contributed by atoms with E-state index >= 15 is 0 Å². The number of aromatic nitrogens is 3. The van der Waals surface area contributed by atoms with E-state index in [1.54, 1.807) is 29.8 Å². The van der Waals surface area contributed by atoms with Gasteiger partial charge in [-0.3, -0.25) is 19.1 Å². The first-order valence-corrected chi connectivity index (χ1v) is 13.1. The molecule has 3 aromatic heterocycles. The van der Waals surface area contributed by atoms with Crippen LogP contribution in [0.15, 0.2) is 90.8 Å². The van der Waals surface area contributed by atoms with Gasteiger partial charge in [0.15, 0.2) is 17.2 Å². The van der Waals surface area contributed by atoms with Gasteiger partial charge in [0, 0.05) is 29.1 Å². The highest BCUT2D eigenvalue weighted by Gasteiger charge is 2.34. The first kappa shape index (κ1) is 22.5. The summed E-state index contributed by atoms with van der Waals surface area (Å²) in [7, 11) is 0. The van der Waals surface area contributed by atoms with E-state index in [9.17, 15) is 9.59 Å². The Balaban J connectivity index is 1.44. The second kappa shape index (κ2) is 8.43. The number of fused-ring (bicyclic) bond motifs is 3. The number of carbonyl (C=O) groups is 2. The van der Waals surface area contributed by atoms with Crippen molar-refractivity contribution in [3.05, 3.63) is 119 Å². The zero-order chi connectivity index (χ0) is 26.0. The maximum absolute atomic E-state index is 13.5. The molecule has 0 N–H and O–H groups in total. The van der Waals surface area contributed by atoms with Gasteiger partial charge in [0.1, 0.15) is 5.01 Å². The maximum Gasteiger partial charge on any atom is 0.197 e. The van der Waals surface area contributed by atoms with E-state index in [4.69, 9.17) is 4.98 Å². The molecular formula is C32H21N3O2S. The predicted molar refractivity (Wildman–Crippen MR) is 152 cm³/mol. The highest BCUT2D eigenvalue weighted by molar-refractivity contribution is 7.21. The minimum Gasteiger partial charge on any atom is -0.293 e. The number of thiazole rings is 1. The SMILES string of the molecule is Cc1cccc(C)c1-n1c(C=C2C(=O)c3cc4ccccc4cc3C2=O)cc2sc(-c3cccnc3)nc21. The highest BCUT2D eigenvalue weighted by Crippen LogP contribution is 2.38. The second-order valence-electron chi connectivity index (χ2n) is 9.55. The van der Waals surface area contributed by atoms with E-state index in [1.165, 1.54) is 0 Å². The van der Waals surface area contributed by atoms with Crippen LogP contribution in [0.5, 0.6) is 0 Å². The van der Waals surface area contributed by atoms with Gasteiger partial charge in [-0.15, -0.1) is 11.3 Å². The van der Waals surface area contributed by atoms with Gasteiger partial charge in [0.2, 0.25) is 0 Å². The fraction of sp³-hybridized carbons (Fsp3) is 0.0625. The van der Waals surface area contributed by atoms with Gasteiger partial charge in [0.05, 0.1) is 21.7 Å². The number of rotatable bonds is 3. The van der Waals surface area contributed by atoms with Gasteiger partial charge in [0.25, 0.3) is 0 Å². The smallest absolute Gasteiger partial charge is 0.197 e. The molecular weight excluding hydrogens is 490 g/mol. The van der Waals surface area contributed by atoms with E-state index in [0.29, 0.717) is 11.1 Å². The Morgan fingerprint density at radius 2 is 1.50 bits per heavy atom. The predicted octanol–water partition coefficient (Wildman–Crippen LogP) is 7.38. The topological polar surface area (TPSA) is 64.8 Å². The van der Waals surface area contributed by atoms with Crippen LogP contribution in [0.25, 0.3) is 43.5 Å². The van der Waals surface area contributed by atoms with Gasteiger partial charge >= 0.3 is 0 Å². The van der Waals surface area contributed by atoms with Crippen LogP contribution in [0.3, 0.4) is 0 Å². The van der Waals surface area contributed by atoms with Crippen LogP contribution >= 0.6 is 11.3 Å². The number of benzene rings is 3. The number of hydrogen-bond acceptors (Lipinski definition) is 5. The second-order valence-corrected chi connectivity index (χ2v) is 10.6. The van der Waals surface area contributed by atoms with Crippen LogP contribution in [-0.4, -0.2) is 26.1 Å². The first-order valence-electron chi connectivity index (χ1n) is 12.3. The van der Waals surface area contributed by atoms with Gasteiger partial charge in [-0.2, -0.15) is 0 Å². The number of Topliss-reactive ketones (excluding diaryl/α,β-unsaturated/α-hetero) is 2. The summed E-state index contributed by atoms with van der Waals surface area (Å²) in [4.78, 5) is 36.3. The molecule has 6 heteroatoms. The van der Waals surface area contributed by atoms with E-state index in [2.05, 4.69) is 35.5 Å². The summed E-state index contributed by atoms with van der Waals surface area (Å²) in [6, 6.07) is 23.5. The molecule has 1 aliphatic carbocycles. The number of pyridine rings is 1. The molecule has 38 heavy (non-hydrogen) atoms. The Morgan fingerprint density at radius 1 is 0.816 bits per heavy atom. The molecule has 0 unspecified atom stereocenters. The molecule has 0 amide bonds. The van der Waals surface area contributed by atoms with Crippen LogP contribution in [0.4, 0.5) is 0 Å². The van der Waals surface area contributed by atoms with Gasteiger partial charge in [-0.05, 0) is 72.2 Å². The number of aryl methyl sites for hydroxylation is 2. The van der Waals surface area contributed by atoms with Gasteiger partial charge < -0.3 is 0 Å². The number of allylic oxidation sites excluding steroid dienone is 1. The summed E-state index contributed by atoms with van der Waals surface area (Å²) in [5.74, 6) is -0.477. The Kier molecular flexibility index (Phi) is 5.00. The fourth-order valence-electron chi connectivity index (χ4n) is 5.30. The lowest BCUT2D eigenvalue weighted by Crippen LogP contribution is -2.05. The van der Waals surface area contributed by atoms with Crippen molar-refractivity contribution in [2.75, 3.05) is 0 Å². The van der Waals surface area contributed by atoms with Crippen molar-refractivity contribution < 1.29 is 9.59 Å². The molecule has 0 bridgehead atoms. The number of carbonyl (C=O) groups excluding carboxylic acids is 2. The largest absolute Gasteiger partial charge is 0.293 e. The maximum atomic E-state index is 13.5. The van der Waals surface area contributed by atoms with Crippen molar-refractivity contribution in [1.82, 2.24) is 14.5 Å². The third-order valence-electron chi connectivity index (χ3n) is 7.11. The van der Waals surface area contributed by atoms with Crippen LogP contribution in [-0.2, 0) is 0 Å². The van der Waals surface area contributed by atoms with E-state index in [1.807, 2.05) is 60.7 Å². The van der Waals surface area contributed by atoms with E-state index < -0.39 is 0 Å². The molecule has 0 atom stereocenters. The third-order valence-corrected chi connectivity index (χ3v) is 8.15. The quantitative estimate of drug-likeness (QED) is 0.184. The molecule has 0 saturated carbocycles. The van der Waals surface area contributed by atoms with Crippen LogP contribution < -0.4 is 0 Å². The van der Waals surface area contributed by atoms with Crippen LogP contribution in [0, 0.1) is 13.8 Å². The lowest BCUT2D eigenvalue weighted by Gasteiger charge is -2.14. The molecule has 3 aromatic carbocycles. The Bertz CT molecular complexity index is 1900. The Morgan fingerprint density at radius 3 is 2.13 bits per heavy atom. The number of ketones is 2. The minimum absolute atomic E-state index is 0.181. The van der Waals surface area contributed by atoms with Crippen LogP contribution in [0.2, 0.25) is 0 Å². The van der Waals surface area contributed by atoms with E-state index in [-0.39, 0.29) is 17.1 Å². The van der Waals surface area contributed by atoms with Crippen molar-refractivity contribution in [2.24, 2.45) is 0 Å². The number of nitrogens with zero attached hydrogens (tertiary/aromatic N) is 3. The highest BCUT2D eigenvalue weighted by atomic mass is 32.1. The minimum atomic E-state index is -0.239. The molecule has 6 aromatic rings. The van der Waals surface area contributed by atoms with Gasteiger partial charge in [-0.25, -0.2) is 4.98 Å². The molecule has 1 aliphatic rings. The summed E-state index contributed by atoms with van der Waals surface area (Å²) in [6.45, 7) is 4.12. The molecule has 0 spiro atoms. The monoisotopic (exact) mass is 511 g/mol. The first-order chi connectivity index (χ1) is 18.5.